The van der Waals surface area contributed by atoms with Crippen molar-refractivity contribution in [1.82, 2.24) is 0 Å². The number of hydrogen-bond acceptors (Lipinski definition) is 3. The summed E-state index contributed by atoms with van der Waals surface area (Å²) in [7, 11) is 0. The minimum Gasteiger partial charge on any atom is -0.481 e. The van der Waals surface area contributed by atoms with Gasteiger partial charge in [-0.15, -0.1) is 0 Å². The van der Waals surface area contributed by atoms with Gasteiger partial charge >= 0.3 is 12.1 Å². The van der Waals surface area contributed by atoms with Crippen molar-refractivity contribution >= 4 is 5.97 Å². The van der Waals surface area contributed by atoms with Crippen molar-refractivity contribution in [3.63, 3.8) is 0 Å². The highest BCUT2D eigenvalue weighted by atomic mass is 19.4. The summed E-state index contributed by atoms with van der Waals surface area (Å²) in [6.07, 6.45) is -7.44. The molecule has 0 bridgehead atoms. The molecule has 0 fully saturated rings. The van der Waals surface area contributed by atoms with Crippen LogP contribution in [-0.4, -0.2) is 33.3 Å². The number of carbonyl (C=O) groups is 1. The second kappa shape index (κ2) is 3.28. The van der Waals surface area contributed by atoms with E-state index in [0.717, 1.165) is 0 Å². The van der Waals surface area contributed by atoms with Crippen molar-refractivity contribution in [2.75, 3.05) is 0 Å². The van der Waals surface area contributed by atoms with Gasteiger partial charge in [0.1, 0.15) is 0 Å². The standard InChI is InChI=1S/C5H7F3O4/c6-5(7,8)4(11,12)2-1-3(9)10/h11-12H,1-2H2,(H,9,10). The molecular formula is C5H7F3O4. The number of aliphatic hydroxyl groups is 2. The average molecular weight is 188 g/mol. The van der Waals surface area contributed by atoms with Crippen molar-refractivity contribution < 1.29 is 33.3 Å². The molecule has 0 aromatic heterocycles. The predicted molar refractivity (Wildman–Crippen MR) is 30.1 cm³/mol. The van der Waals surface area contributed by atoms with Crippen LogP contribution in [0.15, 0.2) is 0 Å². The molecule has 0 aliphatic heterocycles. The van der Waals surface area contributed by atoms with E-state index in [1.165, 1.54) is 0 Å². The first-order valence-corrected chi connectivity index (χ1v) is 2.90. The Morgan fingerprint density at radius 2 is 1.67 bits per heavy atom. The largest absolute Gasteiger partial charge is 0.481 e. The molecule has 0 saturated carbocycles. The summed E-state index contributed by atoms with van der Waals surface area (Å²) in [5.41, 5.74) is 0. The smallest absolute Gasteiger partial charge is 0.442 e. The van der Waals surface area contributed by atoms with Gasteiger partial charge in [0.2, 0.25) is 0 Å². The summed E-state index contributed by atoms with van der Waals surface area (Å²) in [6, 6.07) is 0. The average Bonchev–Trinajstić information content (AvgIpc) is 1.81. The van der Waals surface area contributed by atoms with Crippen LogP contribution in [0.2, 0.25) is 0 Å². The molecule has 0 saturated heterocycles. The molecule has 0 atom stereocenters. The molecule has 0 aromatic carbocycles. The maximum atomic E-state index is 11.6. The third kappa shape index (κ3) is 3.05. The zero-order valence-corrected chi connectivity index (χ0v) is 5.80. The quantitative estimate of drug-likeness (QED) is 0.548. The van der Waals surface area contributed by atoms with Gasteiger partial charge in [-0.25, -0.2) is 0 Å². The molecule has 0 unspecified atom stereocenters. The Bertz CT molecular complexity index is 174. The zero-order valence-electron chi connectivity index (χ0n) is 5.80. The van der Waals surface area contributed by atoms with Gasteiger partial charge in [-0.3, -0.25) is 4.79 Å². The highest BCUT2D eigenvalue weighted by Gasteiger charge is 2.52. The first kappa shape index (κ1) is 11.2. The van der Waals surface area contributed by atoms with Crippen LogP contribution in [0.4, 0.5) is 13.2 Å². The summed E-state index contributed by atoms with van der Waals surface area (Å²) in [5, 5.41) is 24.5. The third-order valence-electron chi connectivity index (χ3n) is 1.14. The van der Waals surface area contributed by atoms with Crippen LogP contribution in [0.5, 0.6) is 0 Å². The van der Waals surface area contributed by atoms with Crippen LogP contribution in [0.25, 0.3) is 0 Å². The van der Waals surface area contributed by atoms with Gasteiger partial charge in [0.05, 0.1) is 6.42 Å². The van der Waals surface area contributed by atoms with Gasteiger partial charge in [0.25, 0.3) is 5.79 Å². The first-order chi connectivity index (χ1) is 5.17. The SMILES string of the molecule is O=C(O)CCC(O)(O)C(F)(F)F. The molecule has 0 aliphatic rings. The Morgan fingerprint density at radius 1 is 1.25 bits per heavy atom. The third-order valence-corrected chi connectivity index (χ3v) is 1.14. The summed E-state index contributed by atoms with van der Waals surface area (Å²) in [5.74, 6) is -5.43. The van der Waals surface area contributed by atoms with Gasteiger partial charge in [-0.1, -0.05) is 0 Å². The van der Waals surface area contributed by atoms with Gasteiger partial charge in [0, 0.05) is 6.42 Å². The van der Waals surface area contributed by atoms with Gasteiger partial charge in [0.15, 0.2) is 0 Å². The molecular weight excluding hydrogens is 181 g/mol. The number of carboxylic acid groups (broad SMARTS) is 1. The van der Waals surface area contributed by atoms with Crippen molar-refractivity contribution in [3.05, 3.63) is 0 Å². The first-order valence-electron chi connectivity index (χ1n) is 2.90. The molecule has 0 aliphatic carbocycles. The highest BCUT2D eigenvalue weighted by molar-refractivity contribution is 5.66. The number of halogens is 3. The van der Waals surface area contributed by atoms with E-state index < -0.39 is 30.8 Å². The summed E-state index contributed by atoms with van der Waals surface area (Å²) >= 11 is 0. The topological polar surface area (TPSA) is 77.8 Å². The lowest BCUT2D eigenvalue weighted by Crippen LogP contribution is -2.45. The Hall–Kier alpha value is -0.820. The van der Waals surface area contributed by atoms with E-state index in [9.17, 15) is 18.0 Å². The molecule has 0 spiro atoms. The Kier molecular flexibility index (Phi) is 3.05. The summed E-state index contributed by atoms with van der Waals surface area (Å²) in [4.78, 5) is 9.78. The van der Waals surface area contributed by atoms with Crippen LogP contribution < -0.4 is 0 Å². The lowest BCUT2D eigenvalue weighted by molar-refractivity contribution is -0.350. The Labute approximate surface area is 65.2 Å². The van der Waals surface area contributed by atoms with Crippen molar-refractivity contribution in [2.24, 2.45) is 0 Å². The normalized spacial score (nSPS) is 13.1. The molecule has 0 amide bonds. The second-order valence-electron chi connectivity index (χ2n) is 2.21. The Balaban J connectivity index is 4.14. The lowest BCUT2D eigenvalue weighted by atomic mass is 10.1. The molecule has 7 heteroatoms. The van der Waals surface area contributed by atoms with E-state index in [2.05, 4.69) is 0 Å². The Morgan fingerprint density at radius 3 is 1.92 bits per heavy atom. The van der Waals surface area contributed by atoms with E-state index in [-0.39, 0.29) is 0 Å². The van der Waals surface area contributed by atoms with Gasteiger partial charge in [-0.05, 0) is 0 Å². The van der Waals surface area contributed by atoms with Crippen LogP contribution in [0.3, 0.4) is 0 Å². The monoisotopic (exact) mass is 188 g/mol. The minimum absolute atomic E-state index is 0.952. The molecule has 4 nitrogen and oxygen atoms in total. The van der Waals surface area contributed by atoms with E-state index in [0.29, 0.717) is 0 Å². The molecule has 0 aromatic rings. The maximum Gasteiger partial charge on any atom is 0.442 e. The zero-order chi connectivity index (χ0) is 9.99. The number of carboxylic acids is 1. The van der Waals surface area contributed by atoms with E-state index in [1.807, 2.05) is 0 Å². The molecule has 0 rings (SSSR count). The number of rotatable bonds is 3. The van der Waals surface area contributed by atoms with E-state index in [4.69, 9.17) is 15.3 Å². The van der Waals surface area contributed by atoms with E-state index >= 15 is 0 Å². The number of aliphatic carboxylic acids is 1. The fraction of sp³-hybridized carbons (Fsp3) is 0.800. The number of hydrogen-bond donors (Lipinski definition) is 3. The van der Waals surface area contributed by atoms with Crippen LogP contribution in [0, 0.1) is 0 Å². The molecule has 0 heterocycles. The maximum absolute atomic E-state index is 11.6. The minimum atomic E-state index is -5.22. The predicted octanol–water partition coefficient (Wildman–Crippen LogP) is 0.0944. The van der Waals surface area contributed by atoms with Gasteiger partial charge in [-0.2, -0.15) is 13.2 Å². The number of alkyl halides is 3. The molecule has 3 N–H and O–H groups in total. The summed E-state index contributed by atoms with van der Waals surface area (Å²) < 4.78 is 34.8. The van der Waals surface area contributed by atoms with E-state index in [1.54, 1.807) is 0 Å². The highest BCUT2D eigenvalue weighted by Crippen LogP contribution is 2.31. The summed E-state index contributed by atoms with van der Waals surface area (Å²) in [6.45, 7) is 0. The lowest BCUT2D eigenvalue weighted by Gasteiger charge is -2.23. The molecule has 12 heavy (non-hydrogen) atoms. The molecule has 72 valence electrons. The van der Waals surface area contributed by atoms with Crippen LogP contribution in [0.1, 0.15) is 12.8 Å². The van der Waals surface area contributed by atoms with Crippen LogP contribution in [-0.2, 0) is 4.79 Å². The van der Waals surface area contributed by atoms with Gasteiger partial charge < -0.3 is 15.3 Å². The molecule has 0 radical (unpaired) electrons. The van der Waals surface area contributed by atoms with Crippen molar-refractivity contribution in [3.8, 4) is 0 Å². The second-order valence-corrected chi connectivity index (χ2v) is 2.21. The fourth-order valence-electron chi connectivity index (χ4n) is 0.423. The van der Waals surface area contributed by atoms with Crippen molar-refractivity contribution in [2.45, 2.75) is 24.8 Å². The fourth-order valence-corrected chi connectivity index (χ4v) is 0.423. The van der Waals surface area contributed by atoms with Crippen molar-refractivity contribution in [1.29, 1.82) is 0 Å². The van der Waals surface area contributed by atoms with Crippen LogP contribution >= 0.6 is 0 Å².